The van der Waals surface area contributed by atoms with E-state index in [-0.39, 0.29) is 6.54 Å². The Morgan fingerprint density at radius 3 is 2.87 bits per heavy atom. The number of carboxylic acids is 1. The molecule has 78 valence electrons. The van der Waals surface area contributed by atoms with E-state index < -0.39 is 5.97 Å². The minimum Gasteiger partial charge on any atom is -0.480 e. The molecule has 0 aliphatic carbocycles. The largest absolute Gasteiger partial charge is 0.480 e. The van der Waals surface area contributed by atoms with Crippen molar-refractivity contribution < 1.29 is 9.90 Å². The Morgan fingerprint density at radius 1 is 1.47 bits per heavy atom. The Labute approximate surface area is 84.9 Å². The van der Waals surface area contributed by atoms with Gasteiger partial charge in [-0.2, -0.15) is 20.1 Å². The lowest BCUT2D eigenvalue weighted by atomic mass is 10.3. The molecule has 0 saturated heterocycles. The first kappa shape index (κ1) is 9.38. The fourth-order valence-corrected chi connectivity index (χ4v) is 1.20. The number of hydrogen-bond acceptors (Lipinski definition) is 4. The van der Waals surface area contributed by atoms with Crippen molar-refractivity contribution in [2.75, 3.05) is 0 Å². The minimum absolute atomic E-state index is 0.153. The average Bonchev–Trinajstić information content (AvgIpc) is 2.72. The van der Waals surface area contributed by atoms with E-state index in [1.54, 1.807) is 25.6 Å². The predicted molar refractivity (Wildman–Crippen MR) is 49.9 cm³/mol. The molecule has 0 spiro atoms. The lowest BCUT2D eigenvalue weighted by Crippen LogP contribution is -2.08. The van der Waals surface area contributed by atoms with Gasteiger partial charge in [0.15, 0.2) is 0 Å². The Hall–Kier alpha value is -2.18. The van der Waals surface area contributed by atoms with Crippen molar-refractivity contribution in [2.45, 2.75) is 6.54 Å². The molecule has 0 atom stereocenters. The molecule has 0 fully saturated rings. The molecule has 0 saturated carbocycles. The maximum atomic E-state index is 10.4. The number of aliphatic carboxylic acids is 1. The van der Waals surface area contributed by atoms with Gasteiger partial charge in [0.1, 0.15) is 12.2 Å². The molecular formula is C8H9N5O2. The molecule has 15 heavy (non-hydrogen) atoms. The van der Waals surface area contributed by atoms with Crippen LogP contribution in [0.1, 0.15) is 0 Å². The van der Waals surface area contributed by atoms with Gasteiger partial charge >= 0.3 is 5.97 Å². The lowest BCUT2D eigenvalue weighted by Gasteiger charge is -1.92. The fourth-order valence-electron chi connectivity index (χ4n) is 1.20. The molecule has 7 nitrogen and oxygen atoms in total. The highest BCUT2D eigenvalue weighted by atomic mass is 16.4. The van der Waals surface area contributed by atoms with E-state index in [1.807, 2.05) is 0 Å². The van der Waals surface area contributed by atoms with Gasteiger partial charge in [-0.1, -0.05) is 0 Å². The van der Waals surface area contributed by atoms with Gasteiger partial charge < -0.3 is 5.11 Å². The SMILES string of the molecule is Cn1ncc(-c2cnn(CC(=O)O)c2)n1. The maximum absolute atomic E-state index is 10.4. The maximum Gasteiger partial charge on any atom is 0.325 e. The lowest BCUT2D eigenvalue weighted by molar-refractivity contribution is -0.137. The number of aromatic nitrogens is 5. The highest BCUT2D eigenvalue weighted by Crippen LogP contribution is 2.13. The van der Waals surface area contributed by atoms with Crippen LogP contribution in [-0.4, -0.2) is 35.9 Å². The van der Waals surface area contributed by atoms with Crippen molar-refractivity contribution >= 4 is 5.97 Å². The highest BCUT2D eigenvalue weighted by molar-refractivity contribution is 5.66. The summed E-state index contributed by atoms with van der Waals surface area (Å²) >= 11 is 0. The average molecular weight is 207 g/mol. The summed E-state index contributed by atoms with van der Waals surface area (Å²) < 4.78 is 1.34. The zero-order chi connectivity index (χ0) is 10.8. The first-order valence-electron chi connectivity index (χ1n) is 4.26. The number of nitrogens with zero attached hydrogens (tertiary/aromatic N) is 5. The summed E-state index contributed by atoms with van der Waals surface area (Å²) in [5.41, 5.74) is 1.43. The monoisotopic (exact) mass is 207 g/mol. The van der Waals surface area contributed by atoms with E-state index in [0.717, 1.165) is 5.56 Å². The quantitative estimate of drug-likeness (QED) is 0.750. The number of hydrogen-bond donors (Lipinski definition) is 1. The zero-order valence-electron chi connectivity index (χ0n) is 8.03. The van der Waals surface area contributed by atoms with Crippen LogP contribution in [0.25, 0.3) is 11.3 Å². The van der Waals surface area contributed by atoms with Gasteiger partial charge in [0.25, 0.3) is 0 Å². The van der Waals surface area contributed by atoms with Gasteiger partial charge in [0.05, 0.1) is 12.4 Å². The molecule has 0 aliphatic rings. The van der Waals surface area contributed by atoms with Crippen molar-refractivity contribution in [2.24, 2.45) is 7.05 Å². The third kappa shape index (κ3) is 2.01. The van der Waals surface area contributed by atoms with Gasteiger partial charge in [-0.15, -0.1) is 0 Å². The molecule has 1 N–H and O–H groups in total. The third-order valence-corrected chi connectivity index (χ3v) is 1.83. The molecule has 2 heterocycles. The van der Waals surface area contributed by atoms with Crippen molar-refractivity contribution in [3.05, 3.63) is 18.6 Å². The molecule has 2 rings (SSSR count). The molecule has 0 amide bonds. The summed E-state index contributed by atoms with van der Waals surface area (Å²) in [6.07, 6.45) is 4.78. The van der Waals surface area contributed by atoms with Crippen LogP contribution in [0.5, 0.6) is 0 Å². The highest BCUT2D eigenvalue weighted by Gasteiger charge is 2.06. The Bertz CT molecular complexity index is 487. The van der Waals surface area contributed by atoms with Crippen LogP contribution < -0.4 is 0 Å². The summed E-state index contributed by atoms with van der Waals surface area (Å²) in [4.78, 5) is 11.9. The van der Waals surface area contributed by atoms with Crippen molar-refractivity contribution in [1.29, 1.82) is 0 Å². The number of rotatable bonds is 3. The van der Waals surface area contributed by atoms with Gasteiger partial charge in [0, 0.05) is 18.8 Å². The van der Waals surface area contributed by atoms with Crippen LogP contribution in [0.15, 0.2) is 18.6 Å². The molecule has 0 bridgehead atoms. The van der Waals surface area contributed by atoms with E-state index >= 15 is 0 Å². The summed E-state index contributed by atoms with van der Waals surface area (Å²) in [6, 6.07) is 0. The molecular weight excluding hydrogens is 198 g/mol. The topological polar surface area (TPSA) is 85.8 Å². The van der Waals surface area contributed by atoms with E-state index in [4.69, 9.17) is 5.11 Å². The Morgan fingerprint density at radius 2 is 2.27 bits per heavy atom. The van der Waals surface area contributed by atoms with Crippen LogP contribution in [0.3, 0.4) is 0 Å². The summed E-state index contributed by atoms with van der Waals surface area (Å²) in [5, 5.41) is 20.5. The van der Waals surface area contributed by atoms with Gasteiger partial charge in [0.2, 0.25) is 0 Å². The first-order valence-corrected chi connectivity index (χ1v) is 4.26. The smallest absolute Gasteiger partial charge is 0.325 e. The molecule has 0 radical (unpaired) electrons. The number of carboxylic acid groups (broad SMARTS) is 1. The third-order valence-electron chi connectivity index (χ3n) is 1.83. The normalized spacial score (nSPS) is 10.5. The second kappa shape index (κ2) is 3.52. The van der Waals surface area contributed by atoms with Crippen LogP contribution in [0.2, 0.25) is 0 Å². The van der Waals surface area contributed by atoms with Gasteiger partial charge in [-0.05, 0) is 0 Å². The van der Waals surface area contributed by atoms with Crippen molar-refractivity contribution in [3.8, 4) is 11.3 Å². The summed E-state index contributed by atoms with van der Waals surface area (Å²) in [5.74, 6) is -0.927. The number of aryl methyl sites for hydroxylation is 1. The molecule has 2 aromatic heterocycles. The van der Waals surface area contributed by atoms with Gasteiger partial charge in [-0.25, -0.2) is 0 Å². The summed E-state index contributed by atoms with van der Waals surface area (Å²) in [7, 11) is 1.71. The van der Waals surface area contributed by atoms with Gasteiger partial charge in [-0.3, -0.25) is 9.48 Å². The van der Waals surface area contributed by atoms with Crippen LogP contribution in [0.4, 0.5) is 0 Å². The Kier molecular flexibility index (Phi) is 2.20. The standard InChI is InChI=1S/C8H9N5O2/c1-12-9-3-7(11-12)6-2-10-13(4-6)5-8(14)15/h2-4H,5H2,1H3,(H,14,15). The second-order valence-corrected chi connectivity index (χ2v) is 3.04. The minimum atomic E-state index is -0.927. The molecule has 2 aromatic rings. The van der Waals surface area contributed by atoms with Crippen molar-refractivity contribution in [3.63, 3.8) is 0 Å². The first-order chi connectivity index (χ1) is 7.15. The Balaban J connectivity index is 2.23. The summed E-state index contributed by atoms with van der Waals surface area (Å²) in [6.45, 7) is -0.153. The second-order valence-electron chi connectivity index (χ2n) is 3.04. The van der Waals surface area contributed by atoms with E-state index in [9.17, 15) is 4.79 Å². The zero-order valence-corrected chi connectivity index (χ0v) is 8.03. The molecule has 0 aromatic carbocycles. The fraction of sp³-hybridized carbons (Fsp3) is 0.250. The van der Waals surface area contributed by atoms with Crippen LogP contribution >= 0.6 is 0 Å². The van der Waals surface area contributed by atoms with E-state index in [0.29, 0.717) is 5.69 Å². The van der Waals surface area contributed by atoms with Crippen LogP contribution in [0, 0.1) is 0 Å². The predicted octanol–water partition coefficient (Wildman–Crippen LogP) is -0.237. The van der Waals surface area contributed by atoms with Crippen molar-refractivity contribution in [1.82, 2.24) is 24.8 Å². The molecule has 0 aliphatic heterocycles. The van der Waals surface area contributed by atoms with E-state index in [1.165, 1.54) is 9.48 Å². The van der Waals surface area contributed by atoms with Crippen LogP contribution in [-0.2, 0) is 18.4 Å². The molecule has 7 heteroatoms. The number of carbonyl (C=O) groups is 1. The van der Waals surface area contributed by atoms with E-state index in [2.05, 4.69) is 15.3 Å². The molecule has 0 unspecified atom stereocenters.